The van der Waals surface area contributed by atoms with Gasteiger partial charge in [0.2, 0.25) is 0 Å². The first-order valence-electron chi connectivity index (χ1n) is 6.78. The number of hydrogen-bond acceptors (Lipinski definition) is 3. The van der Waals surface area contributed by atoms with Gasteiger partial charge in [0, 0.05) is 13.0 Å². The number of nitriles is 1. The van der Waals surface area contributed by atoms with Gasteiger partial charge in [0.25, 0.3) is 0 Å². The van der Waals surface area contributed by atoms with E-state index in [4.69, 9.17) is 10.00 Å². The van der Waals surface area contributed by atoms with Crippen LogP contribution < -0.4 is 10.1 Å². The summed E-state index contributed by atoms with van der Waals surface area (Å²) in [5.74, 6) is 0.909. The highest BCUT2D eigenvalue weighted by molar-refractivity contribution is 5.28. The predicted octanol–water partition coefficient (Wildman–Crippen LogP) is 3.16. The molecule has 0 spiro atoms. The lowest BCUT2D eigenvalue weighted by Gasteiger charge is -2.23. The van der Waals surface area contributed by atoms with Crippen LogP contribution in [0.2, 0.25) is 0 Å². The van der Waals surface area contributed by atoms with Gasteiger partial charge in [0.1, 0.15) is 5.75 Å². The molecule has 0 heterocycles. The SMILES string of the molecule is COc1cccc(CCNCC(C)(C)CCC#N)c1. The third-order valence-corrected chi connectivity index (χ3v) is 3.24. The zero-order valence-corrected chi connectivity index (χ0v) is 12.2. The van der Waals surface area contributed by atoms with Crippen LogP contribution >= 0.6 is 0 Å². The minimum atomic E-state index is 0.185. The zero-order chi connectivity index (χ0) is 14.1. The summed E-state index contributed by atoms with van der Waals surface area (Å²) in [6.07, 6.45) is 2.56. The lowest BCUT2D eigenvalue weighted by atomic mass is 9.88. The summed E-state index contributed by atoms with van der Waals surface area (Å²) in [6.45, 7) is 6.29. The van der Waals surface area contributed by atoms with Gasteiger partial charge in [-0.2, -0.15) is 5.26 Å². The standard InChI is InChI=1S/C16H24N2O/c1-16(2,9-5-10-17)13-18-11-8-14-6-4-7-15(12-14)19-3/h4,6-7,12,18H,5,8-9,11,13H2,1-3H3. The van der Waals surface area contributed by atoms with Gasteiger partial charge < -0.3 is 10.1 Å². The van der Waals surface area contributed by atoms with Gasteiger partial charge in [0.15, 0.2) is 0 Å². The lowest BCUT2D eigenvalue weighted by molar-refractivity contribution is 0.319. The summed E-state index contributed by atoms with van der Waals surface area (Å²) in [5.41, 5.74) is 1.46. The van der Waals surface area contributed by atoms with Crippen molar-refractivity contribution >= 4 is 0 Å². The second-order valence-corrected chi connectivity index (χ2v) is 5.60. The first-order valence-corrected chi connectivity index (χ1v) is 6.78. The van der Waals surface area contributed by atoms with Crippen LogP contribution in [0.15, 0.2) is 24.3 Å². The Morgan fingerprint density at radius 2 is 2.16 bits per heavy atom. The van der Waals surface area contributed by atoms with Gasteiger partial charge in [0.05, 0.1) is 13.2 Å². The summed E-state index contributed by atoms with van der Waals surface area (Å²) in [6, 6.07) is 10.4. The first-order chi connectivity index (χ1) is 9.07. The van der Waals surface area contributed by atoms with Crippen molar-refractivity contribution in [2.24, 2.45) is 5.41 Å². The van der Waals surface area contributed by atoms with Crippen molar-refractivity contribution in [3.8, 4) is 11.8 Å². The molecule has 0 aliphatic rings. The van der Waals surface area contributed by atoms with Crippen molar-refractivity contribution in [1.82, 2.24) is 5.32 Å². The van der Waals surface area contributed by atoms with Gasteiger partial charge in [-0.05, 0) is 42.5 Å². The average molecular weight is 260 g/mol. The average Bonchev–Trinajstić information content (AvgIpc) is 2.42. The van der Waals surface area contributed by atoms with E-state index < -0.39 is 0 Å². The van der Waals surface area contributed by atoms with E-state index in [0.717, 1.165) is 31.7 Å². The summed E-state index contributed by atoms with van der Waals surface area (Å²) >= 11 is 0. The minimum Gasteiger partial charge on any atom is -0.497 e. The molecule has 0 radical (unpaired) electrons. The van der Waals surface area contributed by atoms with Crippen molar-refractivity contribution in [2.45, 2.75) is 33.1 Å². The monoisotopic (exact) mass is 260 g/mol. The Balaban J connectivity index is 2.28. The van der Waals surface area contributed by atoms with E-state index in [0.29, 0.717) is 6.42 Å². The molecule has 1 aromatic rings. The van der Waals surface area contributed by atoms with E-state index in [9.17, 15) is 0 Å². The number of rotatable bonds is 8. The van der Waals surface area contributed by atoms with Crippen LogP contribution in [0.3, 0.4) is 0 Å². The molecule has 1 rings (SSSR count). The van der Waals surface area contributed by atoms with Crippen LogP contribution in [0.1, 0.15) is 32.3 Å². The summed E-state index contributed by atoms with van der Waals surface area (Å²) in [5, 5.41) is 12.1. The molecule has 0 saturated heterocycles. The number of ether oxygens (including phenoxy) is 1. The maximum atomic E-state index is 8.62. The summed E-state index contributed by atoms with van der Waals surface area (Å²) in [7, 11) is 1.69. The molecule has 104 valence electrons. The van der Waals surface area contributed by atoms with Gasteiger partial charge in [-0.3, -0.25) is 0 Å². The zero-order valence-electron chi connectivity index (χ0n) is 12.2. The fraction of sp³-hybridized carbons (Fsp3) is 0.562. The first kappa shape index (κ1) is 15.5. The van der Waals surface area contributed by atoms with Gasteiger partial charge in [-0.15, -0.1) is 0 Å². The van der Waals surface area contributed by atoms with Crippen molar-refractivity contribution in [3.63, 3.8) is 0 Å². The van der Waals surface area contributed by atoms with Crippen LogP contribution in [-0.2, 0) is 6.42 Å². The molecule has 1 N–H and O–H groups in total. The number of hydrogen-bond donors (Lipinski definition) is 1. The van der Waals surface area contributed by atoms with E-state index >= 15 is 0 Å². The second-order valence-electron chi connectivity index (χ2n) is 5.60. The highest BCUT2D eigenvalue weighted by Gasteiger charge is 2.16. The summed E-state index contributed by atoms with van der Waals surface area (Å²) < 4.78 is 5.21. The van der Waals surface area contributed by atoms with Crippen molar-refractivity contribution < 1.29 is 4.74 Å². The molecule has 0 saturated carbocycles. The normalized spacial score (nSPS) is 11.1. The van der Waals surface area contributed by atoms with Crippen LogP contribution in [0.4, 0.5) is 0 Å². The maximum absolute atomic E-state index is 8.62. The topological polar surface area (TPSA) is 45.0 Å². The Hall–Kier alpha value is -1.53. The minimum absolute atomic E-state index is 0.185. The molecule has 0 aromatic heterocycles. The molecule has 0 amide bonds. The van der Waals surface area contributed by atoms with E-state index in [-0.39, 0.29) is 5.41 Å². The van der Waals surface area contributed by atoms with Crippen molar-refractivity contribution in [1.29, 1.82) is 5.26 Å². The van der Waals surface area contributed by atoms with Crippen LogP contribution in [0.5, 0.6) is 5.75 Å². The second kappa shape index (κ2) is 7.81. The maximum Gasteiger partial charge on any atom is 0.119 e. The molecular weight excluding hydrogens is 236 g/mol. The highest BCUT2D eigenvalue weighted by atomic mass is 16.5. The Bertz CT molecular complexity index is 421. The number of nitrogens with zero attached hydrogens (tertiary/aromatic N) is 1. The molecular formula is C16H24N2O. The lowest BCUT2D eigenvalue weighted by Crippen LogP contribution is -2.30. The van der Waals surface area contributed by atoms with Crippen LogP contribution in [-0.4, -0.2) is 20.2 Å². The van der Waals surface area contributed by atoms with Gasteiger partial charge >= 0.3 is 0 Å². The molecule has 1 aromatic carbocycles. The molecule has 3 nitrogen and oxygen atoms in total. The number of benzene rings is 1. The fourth-order valence-corrected chi connectivity index (χ4v) is 1.97. The summed E-state index contributed by atoms with van der Waals surface area (Å²) in [4.78, 5) is 0. The highest BCUT2D eigenvalue weighted by Crippen LogP contribution is 2.20. The third-order valence-electron chi connectivity index (χ3n) is 3.24. The quantitative estimate of drug-likeness (QED) is 0.730. The number of nitrogens with one attached hydrogen (secondary N) is 1. The predicted molar refractivity (Wildman–Crippen MR) is 78.2 cm³/mol. The smallest absolute Gasteiger partial charge is 0.119 e. The molecule has 0 bridgehead atoms. The molecule has 0 unspecified atom stereocenters. The molecule has 0 fully saturated rings. The Kier molecular flexibility index (Phi) is 6.38. The van der Waals surface area contributed by atoms with Gasteiger partial charge in [-0.1, -0.05) is 26.0 Å². The van der Waals surface area contributed by atoms with Crippen LogP contribution in [0, 0.1) is 16.7 Å². The molecule has 19 heavy (non-hydrogen) atoms. The Morgan fingerprint density at radius 1 is 1.37 bits per heavy atom. The fourth-order valence-electron chi connectivity index (χ4n) is 1.97. The largest absolute Gasteiger partial charge is 0.497 e. The van der Waals surface area contributed by atoms with E-state index in [1.807, 2.05) is 12.1 Å². The Morgan fingerprint density at radius 3 is 2.84 bits per heavy atom. The van der Waals surface area contributed by atoms with E-state index in [1.165, 1.54) is 5.56 Å². The van der Waals surface area contributed by atoms with Gasteiger partial charge in [-0.25, -0.2) is 0 Å². The van der Waals surface area contributed by atoms with E-state index in [2.05, 4.69) is 37.4 Å². The molecule has 0 aliphatic heterocycles. The molecule has 3 heteroatoms. The molecule has 0 atom stereocenters. The number of methoxy groups -OCH3 is 1. The van der Waals surface area contributed by atoms with Crippen molar-refractivity contribution in [3.05, 3.63) is 29.8 Å². The third kappa shape index (κ3) is 6.26. The Labute approximate surface area is 116 Å². The van der Waals surface area contributed by atoms with Crippen molar-refractivity contribution in [2.75, 3.05) is 20.2 Å². The molecule has 0 aliphatic carbocycles. The van der Waals surface area contributed by atoms with E-state index in [1.54, 1.807) is 7.11 Å². The van der Waals surface area contributed by atoms with Crippen LogP contribution in [0.25, 0.3) is 0 Å².